The molecule has 1 nitrogen and oxygen atoms in total. The molecule has 0 aromatic heterocycles. The van der Waals surface area contributed by atoms with Crippen molar-refractivity contribution in [2.45, 2.75) is 66.2 Å². The third-order valence-electron chi connectivity index (χ3n) is 6.22. The molecule has 0 fully saturated rings. The van der Waals surface area contributed by atoms with Crippen LogP contribution in [-0.4, -0.2) is 5.78 Å². The standard InChI is InChI=1S/C18H26O/c1-11-9-14-15(10-13(11)12(2)19)17(5,6)18(7,8)16(14,3)4/h9-10H,1-8H3. The molecule has 0 heterocycles. The minimum Gasteiger partial charge on any atom is -0.295 e. The van der Waals surface area contributed by atoms with Gasteiger partial charge in [0, 0.05) is 5.56 Å². The Morgan fingerprint density at radius 3 is 1.74 bits per heavy atom. The minimum absolute atomic E-state index is 0.0731. The molecule has 0 unspecified atom stereocenters. The summed E-state index contributed by atoms with van der Waals surface area (Å²) in [5.74, 6) is 0.165. The van der Waals surface area contributed by atoms with Gasteiger partial charge >= 0.3 is 0 Å². The Bertz CT molecular complexity index is 559. The van der Waals surface area contributed by atoms with E-state index in [-0.39, 0.29) is 22.0 Å². The van der Waals surface area contributed by atoms with Crippen LogP contribution in [0.3, 0.4) is 0 Å². The molecule has 1 aliphatic carbocycles. The van der Waals surface area contributed by atoms with Gasteiger partial charge < -0.3 is 0 Å². The summed E-state index contributed by atoms with van der Waals surface area (Å²) in [5.41, 5.74) is 5.08. The Balaban J connectivity index is 2.83. The van der Waals surface area contributed by atoms with Crippen LogP contribution in [0.15, 0.2) is 12.1 Å². The third kappa shape index (κ3) is 1.57. The predicted molar refractivity (Wildman–Crippen MR) is 81.0 cm³/mol. The zero-order valence-electron chi connectivity index (χ0n) is 13.6. The van der Waals surface area contributed by atoms with E-state index in [0.717, 1.165) is 11.1 Å². The first-order valence-corrected chi connectivity index (χ1v) is 7.11. The Morgan fingerprint density at radius 2 is 1.32 bits per heavy atom. The lowest BCUT2D eigenvalue weighted by Gasteiger charge is -2.44. The first kappa shape index (κ1) is 14.3. The summed E-state index contributed by atoms with van der Waals surface area (Å²) in [6, 6.07) is 4.38. The molecule has 0 bridgehead atoms. The number of hydrogen-bond acceptors (Lipinski definition) is 1. The highest BCUT2D eigenvalue weighted by Gasteiger charge is 2.56. The molecule has 0 spiro atoms. The van der Waals surface area contributed by atoms with Crippen LogP contribution in [-0.2, 0) is 10.8 Å². The summed E-state index contributed by atoms with van der Waals surface area (Å²) in [7, 11) is 0. The van der Waals surface area contributed by atoms with Gasteiger partial charge in [0.15, 0.2) is 5.78 Å². The van der Waals surface area contributed by atoms with Crippen LogP contribution < -0.4 is 0 Å². The average molecular weight is 258 g/mol. The quantitative estimate of drug-likeness (QED) is 0.662. The molecule has 1 aliphatic rings. The molecule has 0 amide bonds. The van der Waals surface area contributed by atoms with Crippen molar-refractivity contribution < 1.29 is 4.79 Å². The van der Waals surface area contributed by atoms with Gasteiger partial charge in [0.25, 0.3) is 0 Å². The number of Topliss-reactive ketones (excluding diaryl/α,β-unsaturated/α-hetero) is 1. The number of ketones is 1. The van der Waals surface area contributed by atoms with E-state index >= 15 is 0 Å². The lowest BCUT2D eigenvalue weighted by Crippen LogP contribution is -2.42. The first-order valence-electron chi connectivity index (χ1n) is 7.11. The van der Waals surface area contributed by atoms with E-state index in [9.17, 15) is 4.79 Å². The molecule has 1 aromatic carbocycles. The van der Waals surface area contributed by atoms with Crippen molar-refractivity contribution >= 4 is 5.78 Å². The van der Waals surface area contributed by atoms with Gasteiger partial charge in [-0.25, -0.2) is 0 Å². The van der Waals surface area contributed by atoms with E-state index in [2.05, 4.69) is 53.7 Å². The van der Waals surface area contributed by atoms with Gasteiger partial charge in [0.05, 0.1) is 0 Å². The van der Waals surface area contributed by atoms with Gasteiger partial charge in [0.2, 0.25) is 0 Å². The maximum absolute atomic E-state index is 11.8. The van der Waals surface area contributed by atoms with Crippen molar-refractivity contribution in [1.82, 2.24) is 0 Å². The molecular weight excluding hydrogens is 232 g/mol. The van der Waals surface area contributed by atoms with E-state index in [1.165, 1.54) is 11.1 Å². The Hall–Kier alpha value is -1.11. The molecule has 0 radical (unpaired) electrons. The van der Waals surface area contributed by atoms with Crippen LogP contribution in [0.4, 0.5) is 0 Å². The summed E-state index contributed by atoms with van der Waals surface area (Å²) < 4.78 is 0. The smallest absolute Gasteiger partial charge is 0.160 e. The summed E-state index contributed by atoms with van der Waals surface area (Å²) >= 11 is 0. The Kier molecular flexibility index (Phi) is 2.80. The molecule has 0 saturated heterocycles. The summed E-state index contributed by atoms with van der Waals surface area (Å²) in [5, 5.41) is 0. The SMILES string of the molecule is CC(=O)c1cc2c(cc1C)C(C)(C)C(C)(C)C2(C)C. The van der Waals surface area contributed by atoms with Crippen LogP contribution >= 0.6 is 0 Å². The monoisotopic (exact) mass is 258 g/mol. The van der Waals surface area contributed by atoms with E-state index in [1.54, 1.807) is 6.92 Å². The average Bonchev–Trinajstić information content (AvgIpc) is 2.35. The normalized spacial score (nSPS) is 22.1. The minimum atomic E-state index is 0.0731. The third-order valence-corrected chi connectivity index (χ3v) is 6.22. The lowest BCUT2D eigenvalue weighted by molar-refractivity contribution is 0.101. The fourth-order valence-electron chi connectivity index (χ4n) is 3.58. The van der Waals surface area contributed by atoms with Gasteiger partial charge in [0.1, 0.15) is 0 Å². The van der Waals surface area contributed by atoms with Gasteiger partial charge in [-0.2, -0.15) is 0 Å². The van der Waals surface area contributed by atoms with Crippen molar-refractivity contribution in [3.05, 3.63) is 34.4 Å². The number of carbonyl (C=O) groups excluding carboxylic acids is 1. The predicted octanol–water partition coefficient (Wildman–Crippen LogP) is 4.79. The van der Waals surface area contributed by atoms with Gasteiger partial charge in [-0.3, -0.25) is 4.79 Å². The molecule has 0 N–H and O–H groups in total. The molecule has 0 aliphatic heterocycles. The highest BCUT2D eigenvalue weighted by molar-refractivity contribution is 5.96. The molecule has 2 rings (SSSR count). The van der Waals surface area contributed by atoms with Crippen molar-refractivity contribution in [2.24, 2.45) is 5.41 Å². The van der Waals surface area contributed by atoms with Gasteiger partial charge in [-0.1, -0.05) is 47.6 Å². The van der Waals surface area contributed by atoms with E-state index < -0.39 is 0 Å². The number of rotatable bonds is 1. The fraction of sp³-hybridized carbons (Fsp3) is 0.611. The van der Waals surface area contributed by atoms with Crippen LogP contribution in [0.1, 0.15) is 75.5 Å². The van der Waals surface area contributed by atoms with Crippen molar-refractivity contribution in [3.63, 3.8) is 0 Å². The van der Waals surface area contributed by atoms with Gasteiger partial charge in [-0.05, 0) is 52.8 Å². The Morgan fingerprint density at radius 1 is 0.895 bits per heavy atom. The zero-order valence-corrected chi connectivity index (χ0v) is 13.6. The molecule has 0 saturated carbocycles. The van der Waals surface area contributed by atoms with Gasteiger partial charge in [-0.15, -0.1) is 0 Å². The molecule has 1 heteroatoms. The number of benzene rings is 1. The van der Waals surface area contributed by atoms with E-state index in [4.69, 9.17) is 0 Å². The van der Waals surface area contributed by atoms with E-state index in [0.29, 0.717) is 0 Å². The number of fused-ring (bicyclic) bond motifs is 1. The number of aryl methyl sites for hydroxylation is 1. The molecule has 0 atom stereocenters. The maximum atomic E-state index is 11.8. The van der Waals surface area contributed by atoms with Crippen LogP contribution in [0.2, 0.25) is 0 Å². The zero-order chi connectivity index (χ0) is 14.8. The largest absolute Gasteiger partial charge is 0.295 e. The second kappa shape index (κ2) is 3.71. The number of hydrogen-bond donors (Lipinski definition) is 0. The van der Waals surface area contributed by atoms with Crippen molar-refractivity contribution in [2.75, 3.05) is 0 Å². The summed E-state index contributed by atoms with van der Waals surface area (Å²) in [6.07, 6.45) is 0. The second-order valence-electron chi connectivity index (χ2n) is 7.64. The lowest BCUT2D eigenvalue weighted by atomic mass is 9.59. The topological polar surface area (TPSA) is 17.1 Å². The maximum Gasteiger partial charge on any atom is 0.160 e. The fourth-order valence-corrected chi connectivity index (χ4v) is 3.58. The van der Waals surface area contributed by atoms with Crippen molar-refractivity contribution in [1.29, 1.82) is 0 Å². The van der Waals surface area contributed by atoms with Crippen LogP contribution in [0.5, 0.6) is 0 Å². The highest BCUT2D eigenvalue weighted by atomic mass is 16.1. The first-order chi connectivity index (χ1) is 8.44. The Labute approximate surface area is 117 Å². The number of carbonyl (C=O) groups is 1. The van der Waals surface area contributed by atoms with Crippen molar-refractivity contribution in [3.8, 4) is 0 Å². The second-order valence-corrected chi connectivity index (χ2v) is 7.64. The highest BCUT2D eigenvalue weighted by Crippen LogP contribution is 2.61. The molecule has 104 valence electrons. The molecular formula is C18H26O. The molecule has 19 heavy (non-hydrogen) atoms. The summed E-state index contributed by atoms with van der Waals surface area (Å²) in [4.78, 5) is 11.8. The van der Waals surface area contributed by atoms with E-state index in [1.807, 2.05) is 6.92 Å². The van der Waals surface area contributed by atoms with Crippen LogP contribution in [0, 0.1) is 12.3 Å². The summed E-state index contributed by atoms with van der Waals surface area (Å²) in [6.45, 7) is 17.7. The molecule has 1 aromatic rings. The van der Waals surface area contributed by atoms with Crippen LogP contribution in [0.25, 0.3) is 0 Å².